The van der Waals surface area contributed by atoms with Gasteiger partial charge in [-0.2, -0.15) is 0 Å². The first-order chi connectivity index (χ1) is 12.2. The number of hydrogen-bond acceptors (Lipinski definition) is 2. The number of piperidine rings is 1. The molecule has 1 aliphatic heterocycles. The highest BCUT2D eigenvalue weighted by molar-refractivity contribution is 5.77. The van der Waals surface area contributed by atoms with Crippen molar-refractivity contribution in [2.75, 3.05) is 13.1 Å². The largest absolute Gasteiger partial charge is 0.345 e. The lowest BCUT2D eigenvalue weighted by Crippen LogP contribution is -2.35. The predicted octanol–water partition coefficient (Wildman–Crippen LogP) is 3.92. The van der Waals surface area contributed by atoms with Crippen molar-refractivity contribution in [1.82, 2.24) is 10.6 Å². The first kappa shape index (κ1) is 17.7. The molecular formula is C22H28N2O. The van der Waals surface area contributed by atoms with Crippen molar-refractivity contribution in [2.45, 2.75) is 32.2 Å². The first-order valence-electron chi connectivity index (χ1n) is 9.34. The highest BCUT2D eigenvalue weighted by atomic mass is 16.1. The molecule has 0 radical (unpaired) electrons. The Morgan fingerprint density at radius 2 is 1.52 bits per heavy atom. The number of nitrogens with one attached hydrogen (secondary N) is 2. The van der Waals surface area contributed by atoms with E-state index in [2.05, 4.69) is 41.8 Å². The third-order valence-electron chi connectivity index (χ3n) is 5.27. The summed E-state index contributed by atoms with van der Waals surface area (Å²) in [5, 5.41) is 6.66. The van der Waals surface area contributed by atoms with E-state index in [4.69, 9.17) is 0 Å². The third kappa shape index (κ3) is 4.93. The highest BCUT2D eigenvalue weighted by Gasteiger charge is 2.23. The van der Waals surface area contributed by atoms with Gasteiger partial charge in [0.2, 0.25) is 5.91 Å². The maximum atomic E-state index is 12.7. The van der Waals surface area contributed by atoms with Gasteiger partial charge in [-0.1, -0.05) is 67.6 Å². The van der Waals surface area contributed by atoms with E-state index in [0.29, 0.717) is 18.3 Å². The molecule has 0 saturated carbocycles. The molecule has 2 N–H and O–H groups in total. The van der Waals surface area contributed by atoms with Gasteiger partial charge in [0.15, 0.2) is 0 Å². The van der Waals surface area contributed by atoms with E-state index in [1.165, 1.54) is 12.8 Å². The minimum absolute atomic E-state index is 0.0878. The Morgan fingerprint density at radius 3 is 2.04 bits per heavy atom. The molecule has 1 amide bonds. The lowest BCUT2D eigenvalue weighted by atomic mass is 9.84. The fourth-order valence-corrected chi connectivity index (χ4v) is 3.74. The van der Waals surface area contributed by atoms with Crippen molar-refractivity contribution in [3.8, 4) is 0 Å². The summed E-state index contributed by atoms with van der Waals surface area (Å²) in [7, 11) is 0. The third-order valence-corrected chi connectivity index (χ3v) is 5.27. The minimum Gasteiger partial charge on any atom is -0.345 e. The van der Waals surface area contributed by atoms with E-state index >= 15 is 0 Å². The van der Waals surface area contributed by atoms with Crippen LogP contribution in [0.3, 0.4) is 0 Å². The Kier molecular flexibility index (Phi) is 6.24. The Labute approximate surface area is 150 Å². The van der Waals surface area contributed by atoms with E-state index in [-0.39, 0.29) is 11.9 Å². The topological polar surface area (TPSA) is 41.1 Å². The van der Waals surface area contributed by atoms with Crippen LogP contribution in [0.25, 0.3) is 0 Å². The van der Waals surface area contributed by atoms with Crippen molar-refractivity contribution in [1.29, 1.82) is 0 Å². The lowest BCUT2D eigenvalue weighted by molar-refractivity contribution is -0.122. The summed E-state index contributed by atoms with van der Waals surface area (Å²) in [6.45, 7) is 4.37. The van der Waals surface area contributed by atoms with Gasteiger partial charge in [-0.05, 0) is 48.9 Å². The summed E-state index contributed by atoms with van der Waals surface area (Å²) in [6.07, 6.45) is 2.95. The van der Waals surface area contributed by atoms with Crippen LogP contribution in [0.15, 0.2) is 60.7 Å². The van der Waals surface area contributed by atoms with Crippen molar-refractivity contribution < 1.29 is 4.79 Å². The molecule has 25 heavy (non-hydrogen) atoms. The molecule has 0 aromatic heterocycles. The van der Waals surface area contributed by atoms with Crippen molar-refractivity contribution in [3.05, 3.63) is 71.8 Å². The van der Waals surface area contributed by atoms with Gasteiger partial charge in [0.1, 0.15) is 0 Å². The summed E-state index contributed by atoms with van der Waals surface area (Å²) in [6, 6.07) is 20.3. The van der Waals surface area contributed by atoms with Crippen LogP contribution in [-0.2, 0) is 4.79 Å². The number of carbonyl (C=O) groups excluding carboxylic acids is 1. The van der Waals surface area contributed by atoms with Crippen LogP contribution in [0.2, 0.25) is 0 Å². The first-order valence-corrected chi connectivity index (χ1v) is 9.34. The second kappa shape index (κ2) is 8.82. The second-order valence-corrected chi connectivity index (χ2v) is 7.09. The van der Waals surface area contributed by atoms with Crippen molar-refractivity contribution in [3.63, 3.8) is 0 Å². The fourth-order valence-electron chi connectivity index (χ4n) is 3.74. The van der Waals surface area contributed by atoms with Crippen LogP contribution in [0.5, 0.6) is 0 Å². The van der Waals surface area contributed by atoms with Gasteiger partial charge in [0, 0.05) is 6.42 Å². The summed E-state index contributed by atoms with van der Waals surface area (Å²) in [5.74, 6) is 1.22. The zero-order valence-electron chi connectivity index (χ0n) is 14.9. The summed E-state index contributed by atoms with van der Waals surface area (Å²) >= 11 is 0. The smallest absolute Gasteiger partial charge is 0.221 e. The minimum atomic E-state index is -0.0878. The molecule has 132 valence electrons. The molecule has 3 heteroatoms. The van der Waals surface area contributed by atoms with Crippen LogP contribution >= 0.6 is 0 Å². The molecule has 1 atom stereocenters. The number of amides is 1. The Hall–Kier alpha value is -2.13. The molecule has 1 heterocycles. The highest BCUT2D eigenvalue weighted by Crippen LogP contribution is 2.26. The van der Waals surface area contributed by atoms with Gasteiger partial charge in [0.25, 0.3) is 0 Å². The average molecular weight is 336 g/mol. The summed E-state index contributed by atoms with van der Waals surface area (Å²) < 4.78 is 0. The Balaban J connectivity index is 1.68. The SMILES string of the molecule is CC(CC(=O)NC(c1ccccc1)c1ccccc1)C1CCNCC1. The van der Waals surface area contributed by atoms with E-state index < -0.39 is 0 Å². The van der Waals surface area contributed by atoms with Crippen LogP contribution in [-0.4, -0.2) is 19.0 Å². The molecule has 3 nitrogen and oxygen atoms in total. The number of benzene rings is 2. The number of carbonyl (C=O) groups is 1. The van der Waals surface area contributed by atoms with Gasteiger partial charge in [0.05, 0.1) is 6.04 Å². The summed E-state index contributed by atoms with van der Waals surface area (Å²) in [5.41, 5.74) is 2.24. The zero-order valence-corrected chi connectivity index (χ0v) is 14.9. The molecule has 0 bridgehead atoms. The lowest BCUT2D eigenvalue weighted by Gasteiger charge is -2.28. The van der Waals surface area contributed by atoms with Gasteiger partial charge in [-0.15, -0.1) is 0 Å². The van der Waals surface area contributed by atoms with Crippen molar-refractivity contribution >= 4 is 5.91 Å². The quantitative estimate of drug-likeness (QED) is 0.839. The average Bonchev–Trinajstić information content (AvgIpc) is 2.68. The molecular weight excluding hydrogens is 308 g/mol. The van der Waals surface area contributed by atoms with Crippen LogP contribution in [0.1, 0.15) is 43.4 Å². The number of rotatable bonds is 6. The van der Waals surface area contributed by atoms with E-state index in [0.717, 1.165) is 24.2 Å². The molecule has 1 saturated heterocycles. The molecule has 0 spiro atoms. The van der Waals surface area contributed by atoms with Gasteiger partial charge < -0.3 is 10.6 Å². The van der Waals surface area contributed by atoms with E-state index in [1.807, 2.05) is 36.4 Å². The molecule has 2 aromatic rings. The van der Waals surface area contributed by atoms with Crippen LogP contribution < -0.4 is 10.6 Å². The molecule has 3 rings (SSSR count). The fraction of sp³-hybridized carbons (Fsp3) is 0.409. The molecule has 0 aliphatic carbocycles. The molecule has 1 aliphatic rings. The summed E-state index contributed by atoms with van der Waals surface area (Å²) in [4.78, 5) is 12.7. The second-order valence-electron chi connectivity index (χ2n) is 7.09. The van der Waals surface area contributed by atoms with E-state index in [9.17, 15) is 4.79 Å². The monoisotopic (exact) mass is 336 g/mol. The molecule has 2 aromatic carbocycles. The molecule has 1 fully saturated rings. The Morgan fingerprint density at radius 1 is 1.00 bits per heavy atom. The maximum Gasteiger partial charge on any atom is 0.221 e. The standard InChI is InChI=1S/C22H28N2O/c1-17(18-12-14-23-15-13-18)16-21(25)24-22(19-8-4-2-5-9-19)20-10-6-3-7-11-20/h2-11,17-18,22-23H,12-16H2,1H3,(H,24,25). The maximum absolute atomic E-state index is 12.7. The predicted molar refractivity (Wildman–Crippen MR) is 102 cm³/mol. The number of hydrogen-bond donors (Lipinski definition) is 2. The van der Waals surface area contributed by atoms with Crippen LogP contribution in [0.4, 0.5) is 0 Å². The normalized spacial score (nSPS) is 16.6. The van der Waals surface area contributed by atoms with Crippen LogP contribution in [0, 0.1) is 11.8 Å². The Bertz CT molecular complexity index is 611. The molecule has 1 unspecified atom stereocenters. The van der Waals surface area contributed by atoms with E-state index in [1.54, 1.807) is 0 Å². The zero-order chi connectivity index (χ0) is 17.5. The van der Waals surface area contributed by atoms with Gasteiger partial charge >= 0.3 is 0 Å². The van der Waals surface area contributed by atoms with Crippen molar-refractivity contribution in [2.24, 2.45) is 11.8 Å². The van der Waals surface area contributed by atoms with Gasteiger partial charge in [-0.25, -0.2) is 0 Å². The van der Waals surface area contributed by atoms with Gasteiger partial charge in [-0.3, -0.25) is 4.79 Å².